The van der Waals surface area contributed by atoms with E-state index in [0.717, 1.165) is 11.1 Å². The van der Waals surface area contributed by atoms with E-state index in [-0.39, 0.29) is 5.69 Å². The lowest BCUT2D eigenvalue weighted by atomic mass is 10.1. The average molecular weight is 312 g/mol. The van der Waals surface area contributed by atoms with E-state index in [1.807, 2.05) is 19.1 Å². The zero-order chi connectivity index (χ0) is 13.3. The van der Waals surface area contributed by atoms with Crippen LogP contribution in [0.3, 0.4) is 0 Å². The molecular formula is C12H10BrNO4. The number of benzene rings is 1. The summed E-state index contributed by atoms with van der Waals surface area (Å²) in [7, 11) is 1.56. The number of aryl methyl sites for hydroxylation is 1. The highest BCUT2D eigenvalue weighted by Crippen LogP contribution is 2.38. The molecule has 1 heterocycles. The van der Waals surface area contributed by atoms with Crippen molar-refractivity contribution in [3.05, 3.63) is 33.9 Å². The number of hydrogen-bond acceptors (Lipinski definition) is 4. The van der Waals surface area contributed by atoms with Gasteiger partial charge in [0.25, 0.3) is 0 Å². The molecule has 0 saturated heterocycles. The van der Waals surface area contributed by atoms with Gasteiger partial charge in [0, 0.05) is 11.6 Å². The van der Waals surface area contributed by atoms with Crippen LogP contribution in [0.25, 0.3) is 11.3 Å². The fourth-order valence-corrected chi connectivity index (χ4v) is 2.41. The van der Waals surface area contributed by atoms with Gasteiger partial charge in [-0.15, -0.1) is 0 Å². The third kappa shape index (κ3) is 2.11. The minimum atomic E-state index is -1.12. The molecule has 0 bridgehead atoms. The van der Waals surface area contributed by atoms with Gasteiger partial charge in [0.05, 0.1) is 11.6 Å². The fraction of sp³-hybridized carbons (Fsp3) is 0.167. The van der Waals surface area contributed by atoms with E-state index in [9.17, 15) is 4.79 Å². The van der Waals surface area contributed by atoms with Crippen LogP contribution in [0.4, 0.5) is 0 Å². The van der Waals surface area contributed by atoms with E-state index in [1.54, 1.807) is 7.11 Å². The number of halogens is 1. The van der Waals surface area contributed by atoms with Crippen LogP contribution in [-0.2, 0) is 0 Å². The number of aromatic carboxylic acids is 1. The second kappa shape index (κ2) is 4.81. The maximum absolute atomic E-state index is 10.8. The summed E-state index contributed by atoms with van der Waals surface area (Å²) in [5.41, 5.74) is 1.53. The first kappa shape index (κ1) is 12.6. The summed E-state index contributed by atoms with van der Waals surface area (Å²) >= 11 is 3.42. The molecule has 94 valence electrons. The van der Waals surface area contributed by atoms with Crippen molar-refractivity contribution in [2.75, 3.05) is 7.11 Å². The van der Waals surface area contributed by atoms with Crippen LogP contribution in [-0.4, -0.2) is 23.3 Å². The Balaban J connectivity index is 2.58. The Labute approximate surface area is 111 Å². The number of ether oxygens (including phenoxy) is 1. The Morgan fingerprint density at radius 2 is 2.22 bits per heavy atom. The zero-order valence-electron chi connectivity index (χ0n) is 9.73. The van der Waals surface area contributed by atoms with Crippen LogP contribution >= 0.6 is 15.9 Å². The molecule has 0 aliphatic heterocycles. The summed E-state index contributed by atoms with van der Waals surface area (Å²) in [4.78, 5) is 10.8. The molecular weight excluding hydrogens is 302 g/mol. The van der Waals surface area contributed by atoms with Crippen molar-refractivity contribution in [2.45, 2.75) is 6.92 Å². The highest BCUT2D eigenvalue weighted by molar-refractivity contribution is 9.10. The lowest BCUT2D eigenvalue weighted by Crippen LogP contribution is -1.94. The van der Waals surface area contributed by atoms with Gasteiger partial charge >= 0.3 is 5.97 Å². The first-order chi connectivity index (χ1) is 8.54. The van der Waals surface area contributed by atoms with E-state index >= 15 is 0 Å². The summed E-state index contributed by atoms with van der Waals surface area (Å²) in [6.07, 6.45) is 0. The summed E-state index contributed by atoms with van der Waals surface area (Å²) in [5.74, 6) is -0.0961. The smallest absolute Gasteiger partial charge is 0.358 e. The predicted octanol–water partition coefficient (Wildman–Crippen LogP) is 3.12. The summed E-state index contributed by atoms with van der Waals surface area (Å²) in [5, 5.41) is 12.3. The van der Waals surface area contributed by atoms with Crippen LogP contribution in [0, 0.1) is 6.92 Å². The van der Waals surface area contributed by atoms with Gasteiger partial charge in [0.2, 0.25) is 0 Å². The molecule has 1 aromatic heterocycles. The number of methoxy groups -OCH3 is 1. The zero-order valence-corrected chi connectivity index (χ0v) is 11.3. The van der Waals surface area contributed by atoms with Crippen LogP contribution < -0.4 is 4.74 Å². The molecule has 2 aromatic rings. The van der Waals surface area contributed by atoms with Crippen LogP contribution in [0.1, 0.15) is 16.1 Å². The van der Waals surface area contributed by atoms with Crippen molar-refractivity contribution in [3.8, 4) is 17.1 Å². The number of rotatable bonds is 3. The van der Waals surface area contributed by atoms with Gasteiger partial charge in [-0.25, -0.2) is 4.79 Å². The van der Waals surface area contributed by atoms with Crippen molar-refractivity contribution in [2.24, 2.45) is 0 Å². The monoisotopic (exact) mass is 311 g/mol. The Hall–Kier alpha value is -1.82. The van der Waals surface area contributed by atoms with Crippen molar-refractivity contribution in [1.82, 2.24) is 5.16 Å². The highest BCUT2D eigenvalue weighted by Gasteiger charge is 2.18. The SMILES string of the molecule is COc1ccc(C)c(-c2cc(C(=O)O)no2)c1Br. The van der Waals surface area contributed by atoms with Gasteiger partial charge in [-0.1, -0.05) is 11.2 Å². The van der Waals surface area contributed by atoms with Gasteiger partial charge in [0.15, 0.2) is 11.5 Å². The standard InChI is InChI=1S/C12H10BrNO4/c1-6-3-4-8(17-2)11(13)10(6)9-5-7(12(15)16)14-18-9/h3-5H,1-2H3,(H,15,16). The van der Waals surface area contributed by atoms with Gasteiger partial charge in [-0.3, -0.25) is 0 Å². The summed E-state index contributed by atoms with van der Waals surface area (Å²) < 4.78 is 11.0. The van der Waals surface area contributed by atoms with Crippen molar-refractivity contribution < 1.29 is 19.2 Å². The normalized spacial score (nSPS) is 10.4. The van der Waals surface area contributed by atoms with E-state index < -0.39 is 5.97 Å². The van der Waals surface area contributed by atoms with E-state index in [4.69, 9.17) is 14.4 Å². The topological polar surface area (TPSA) is 72.6 Å². The van der Waals surface area contributed by atoms with Gasteiger partial charge < -0.3 is 14.4 Å². The van der Waals surface area contributed by atoms with Gasteiger partial charge in [0.1, 0.15) is 5.75 Å². The van der Waals surface area contributed by atoms with Crippen molar-refractivity contribution >= 4 is 21.9 Å². The Morgan fingerprint density at radius 3 is 2.78 bits per heavy atom. The molecule has 0 unspecified atom stereocenters. The maximum Gasteiger partial charge on any atom is 0.358 e. The summed E-state index contributed by atoms with van der Waals surface area (Å²) in [6, 6.07) is 5.06. The molecule has 0 saturated carbocycles. The number of carboxylic acid groups (broad SMARTS) is 1. The minimum Gasteiger partial charge on any atom is -0.496 e. The summed E-state index contributed by atoms with van der Waals surface area (Å²) in [6.45, 7) is 1.89. The van der Waals surface area contributed by atoms with Crippen LogP contribution in [0.15, 0.2) is 27.2 Å². The number of nitrogens with zero attached hydrogens (tertiary/aromatic N) is 1. The Morgan fingerprint density at radius 1 is 1.50 bits per heavy atom. The van der Waals surface area contributed by atoms with E-state index in [1.165, 1.54) is 6.07 Å². The van der Waals surface area contributed by atoms with Crippen LogP contribution in [0.5, 0.6) is 5.75 Å². The van der Waals surface area contributed by atoms with Crippen LogP contribution in [0.2, 0.25) is 0 Å². The second-order valence-electron chi connectivity index (χ2n) is 3.66. The molecule has 0 aliphatic carbocycles. The molecule has 2 rings (SSSR count). The first-order valence-corrected chi connectivity index (χ1v) is 5.87. The molecule has 0 atom stereocenters. The minimum absolute atomic E-state index is 0.126. The first-order valence-electron chi connectivity index (χ1n) is 5.08. The molecule has 1 N–H and O–H groups in total. The largest absolute Gasteiger partial charge is 0.496 e. The Kier molecular flexibility index (Phi) is 3.38. The second-order valence-corrected chi connectivity index (χ2v) is 4.45. The molecule has 0 aliphatic rings. The average Bonchev–Trinajstić information content (AvgIpc) is 2.79. The van der Waals surface area contributed by atoms with E-state index in [0.29, 0.717) is 16.0 Å². The number of aromatic nitrogens is 1. The lowest BCUT2D eigenvalue weighted by Gasteiger charge is -2.09. The quantitative estimate of drug-likeness (QED) is 0.942. The fourth-order valence-electron chi connectivity index (χ4n) is 1.61. The third-order valence-electron chi connectivity index (χ3n) is 2.51. The van der Waals surface area contributed by atoms with Gasteiger partial charge in [-0.05, 0) is 34.5 Å². The molecule has 1 aromatic carbocycles. The van der Waals surface area contributed by atoms with Crippen molar-refractivity contribution in [3.63, 3.8) is 0 Å². The number of carboxylic acids is 1. The number of carbonyl (C=O) groups is 1. The third-order valence-corrected chi connectivity index (χ3v) is 3.30. The van der Waals surface area contributed by atoms with E-state index in [2.05, 4.69) is 21.1 Å². The molecule has 0 amide bonds. The molecule has 0 radical (unpaired) electrons. The predicted molar refractivity (Wildman–Crippen MR) is 67.9 cm³/mol. The molecule has 5 nitrogen and oxygen atoms in total. The molecule has 0 spiro atoms. The molecule has 6 heteroatoms. The lowest BCUT2D eigenvalue weighted by molar-refractivity contribution is 0.0686. The molecule has 18 heavy (non-hydrogen) atoms. The van der Waals surface area contributed by atoms with Gasteiger partial charge in [-0.2, -0.15) is 0 Å². The Bertz CT molecular complexity index is 606. The maximum atomic E-state index is 10.8. The molecule has 0 fully saturated rings. The number of hydrogen-bond donors (Lipinski definition) is 1. The van der Waals surface area contributed by atoms with Crippen molar-refractivity contribution in [1.29, 1.82) is 0 Å². The highest BCUT2D eigenvalue weighted by atomic mass is 79.9.